The number of morpholine rings is 1. The molecule has 0 aliphatic carbocycles. The number of nitrogens with one attached hydrogen (secondary N) is 1. The molecule has 0 spiro atoms. The maximum atomic E-state index is 13.5. The Hall–Kier alpha value is -2.96. The van der Waals surface area contributed by atoms with Gasteiger partial charge in [-0.1, -0.05) is 28.1 Å². The van der Waals surface area contributed by atoms with Crippen LogP contribution >= 0.6 is 15.9 Å². The molecule has 0 saturated carbocycles. The van der Waals surface area contributed by atoms with Crippen molar-refractivity contribution in [1.82, 2.24) is 9.97 Å². The molecular formula is C25H22BrN3O2. The Bertz CT molecular complexity index is 1270. The number of rotatable bonds is 4. The average molecular weight is 476 g/mol. The van der Waals surface area contributed by atoms with Gasteiger partial charge in [0, 0.05) is 51.5 Å². The van der Waals surface area contributed by atoms with E-state index in [9.17, 15) is 4.79 Å². The molecule has 2 aromatic heterocycles. The van der Waals surface area contributed by atoms with Crippen LogP contribution in [-0.2, 0) is 4.74 Å². The van der Waals surface area contributed by atoms with Gasteiger partial charge in [0.1, 0.15) is 5.82 Å². The topological polar surface area (TPSA) is 58.2 Å². The third kappa shape index (κ3) is 4.01. The lowest BCUT2D eigenvalue weighted by atomic mass is 9.96. The van der Waals surface area contributed by atoms with E-state index in [1.807, 2.05) is 43.5 Å². The van der Waals surface area contributed by atoms with Gasteiger partial charge in [0.15, 0.2) is 5.78 Å². The van der Waals surface area contributed by atoms with Crippen molar-refractivity contribution < 1.29 is 9.53 Å². The highest BCUT2D eigenvalue weighted by Crippen LogP contribution is 2.32. The van der Waals surface area contributed by atoms with Crippen LogP contribution in [-0.4, -0.2) is 42.1 Å². The summed E-state index contributed by atoms with van der Waals surface area (Å²) >= 11 is 3.60. The Balaban J connectivity index is 1.54. The van der Waals surface area contributed by atoms with E-state index in [0.717, 1.165) is 51.1 Å². The molecule has 0 bridgehead atoms. The SMILES string of the molecule is Cc1cc(C(=O)c2cc(Br)cc(-c3cccc4[nH]ccc34)c2)cc(N2CCOCC2)n1. The lowest BCUT2D eigenvalue weighted by molar-refractivity contribution is 0.103. The van der Waals surface area contributed by atoms with Crippen LogP contribution in [0.4, 0.5) is 5.82 Å². The third-order valence-corrected chi connectivity index (χ3v) is 6.06. The highest BCUT2D eigenvalue weighted by molar-refractivity contribution is 9.10. The van der Waals surface area contributed by atoms with Crippen molar-refractivity contribution in [3.05, 3.63) is 82.1 Å². The number of H-pyrrole nitrogens is 1. The van der Waals surface area contributed by atoms with Crippen LogP contribution in [0.1, 0.15) is 21.6 Å². The second-order valence-corrected chi connectivity index (χ2v) is 8.67. The van der Waals surface area contributed by atoms with Gasteiger partial charge in [-0.25, -0.2) is 4.98 Å². The fourth-order valence-corrected chi connectivity index (χ4v) is 4.61. The number of carbonyl (C=O) groups is 1. The molecule has 1 saturated heterocycles. The number of halogens is 1. The molecule has 1 aliphatic heterocycles. The summed E-state index contributed by atoms with van der Waals surface area (Å²) in [5.74, 6) is 0.822. The zero-order valence-electron chi connectivity index (χ0n) is 17.2. The number of hydrogen-bond donors (Lipinski definition) is 1. The van der Waals surface area contributed by atoms with Gasteiger partial charge in [0.2, 0.25) is 0 Å². The van der Waals surface area contributed by atoms with Crippen LogP contribution in [0.15, 0.2) is 65.3 Å². The number of anilines is 1. The minimum atomic E-state index is -0.0104. The summed E-state index contributed by atoms with van der Waals surface area (Å²) in [6, 6.07) is 17.9. The lowest BCUT2D eigenvalue weighted by Gasteiger charge is -2.28. The third-order valence-electron chi connectivity index (χ3n) is 5.60. The number of nitrogens with zero attached hydrogens (tertiary/aromatic N) is 2. The molecule has 5 rings (SSSR count). The first-order valence-electron chi connectivity index (χ1n) is 10.3. The Morgan fingerprint density at radius 2 is 1.87 bits per heavy atom. The summed E-state index contributed by atoms with van der Waals surface area (Å²) in [5, 5.41) is 1.13. The van der Waals surface area contributed by atoms with Crippen molar-refractivity contribution in [3.63, 3.8) is 0 Å². The van der Waals surface area contributed by atoms with Crippen LogP contribution < -0.4 is 4.90 Å². The number of aromatic amines is 1. The van der Waals surface area contributed by atoms with Gasteiger partial charge < -0.3 is 14.6 Å². The van der Waals surface area contributed by atoms with Crippen molar-refractivity contribution >= 4 is 38.4 Å². The zero-order valence-corrected chi connectivity index (χ0v) is 18.8. The van der Waals surface area contributed by atoms with E-state index in [1.165, 1.54) is 0 Å². The first kappa shape index (κ1) is 20.0. The molecule has 3 heterocycles. The average Bonchev–Trinajstić information content (AvgIpc) is 3.27. The number of aromatic nitrogens is 2. The summed E-state index contributed by atoms with van der Waals surface area (Å²) in [7, 11) is 0. The van der Waals surface area contributed by atoms with E-state index in [4.69, 9.17) is 4.74 Å². The highest BCUT2D eigenvalue weighted by Gasteiger charge is 2.18. The summed E-state index contributed by atoms with van der Waals surface area (Å²) < 4.78 is 6.32. The van der Waals surface area contributed by atoms with E-state index in [-0.39, 0.29) is 5.78 Å². The van der Waals surface area contributed by atoms with Gasteiger partial charge >= 0.3 is 0 Å². The number of carbonyl (C=O) groups excluding carboxylic acids is 1. The Kier molecular flexibility index (Phi) is 5.34. The number of hydrogen-bond acceptors (Lipinski definition) is 4. The van der Waals surface area contributed by atoms with E-state index < -0.39 is 0 Å². The number of ketones is 1. The summed E-state index contributed by atoms with van der Waals surface area (Å²) in [4.78, 5) is 23.6. The van der Waals surface area contributed by atoms with Crippen LogP contribution in [0, 0.1) is 6.92 Å². The molecule has 0 atom stereocenters. The fraction of sp³-hybridized carbons (Fsp3) is 0.200. The quantitative estimate of drug-likeness (QED) is 0.403. The van der Waals surface area contributed by atoms with Gasteiger partial charge in [-0.15, -0.1) is 0 Å². The molecule has 0 radical (unpaired) electrons. The van der Waals surface area contributed by atoms with Gasteiger partial charge in [0.05, 0.1) is 13.2 Å². The normalized spacial score (nSPS) is 14.2. The number of aryl methyl sites for hydroxylation is 1. The van der Waals surface area contributed by atoms with E-state index in [2.05, 4.69) is 55.1 Å². The van der Waals surface area contributed by atoms with Gasteiger partial charge in [-0.05, 0) is 60.5 Å². The van der Waals surface area contributed by atoms with Crippen molar-refractivity contribution in [2.24, 2.45) is 0 Å². The fourth-order valence-electron chi connectivity index (χ4n) is 4.12. The summed E-state index contributed by atoms with van der Waals surface area (Å²) in [5.41, 5.74) is 5.30. The molecule has 1 fully saturated rings. The molecule has 1 aliphatic rings. The first-order chi connectivity index (χ1) is 15.1. The van der Waals surface area contributed by atoms with Crippen LogP contribution in [0.2, 0.25) is 0 Å². The predicted octanol–water partition coefficient (Wildman–Crippen LogP) is 5.37. The van der Waals surface area contributed by atoms with Crippen LogP contribution in [0.25, 0.3) is 22.0 Å². The summed E-state index contributed by atoms with van der Waals surface area (Å²) in [6.07, 6.45) is 1.94. The zero-order chi connectivity index (χ0) is 21.4. The lowest BCUT2D eigenvalue weighted by Crippen LogP contribution is -2.37. The minimum absolute atomic E-state index is 0.0104. The Morgan fingerprint density at radius 1 is 1.06 bits per heavy atom. The number of benzene rings is 2. The monoisotopic (exact) mass is 475 g/mol. The molecule has 5 nitrogen and oxygen atoms in total. The Morgan fingerprint density at radius 3 is 2.71 bits per heavy atom. The van der Waals surface area contributed by atoms with Gasteiger partial charge in [0.25, 0.3) is 0 Å². The molecule has 31 heavy (non-hydrogen) atoms. The largest absolute Gasteiger partial charge is 0.378 e. The maximum absolute atomic E-state index is 13.5. The predicted molar refractivity (Wildman–Crippen MR) is 127 cm³/mol. The Labute approximate surface area is 189 Å². The molecule has 0 unspecified atom stereocenters. The minimum Gasteiger partial charge on any atom is -0.378 e. The van der Waals surface area contributed by atoms with E-state index >= 15 is 0 Å². The second-order valence-electron chi connectivity index (χ2n) is 7.76. The van der Waals surface area contributed by atoms with Gasteiger partial charge in [-0.2, -0.15) is 0 Å². The van der Waals surface area contributed by atoms with E-state index in [0.29, 0.717) is 24.3 Å². The maximum Gasteiger partial charge on any atom is 0.193 e. The molecule has 2 aromatic carbocycles. The first-order valence-corrected chi connectivity index (χ1v) is 11.1. The number of fused-ring (bicyclic) bond motifs is 1. The van der Waals surface area contributed by atoms with Crippen LogP contribution in [0.5, 0.6) is 0 Å². The number of ether oxygens (including phenoxy) is 1. The summed E-state index contributed by atoms with van der Waals surface area (Å²) in [6.45, 7) is 4.86. The molecule has 4 aromatic rings. The van der Waals surface area contributed by atoms with Crippen molar-refractivity contribution in [2.75, 3.05) is 31.2 Å². The second kappa shape index (κ2) is 8.29. The molecule has 1 N–H and O–H groups in total. The highest BCUT2D eigenvalue weighted by atomic mass is 79.9. The van der Waals surface area contributed by atoms with Crippen LogP contribution in [0.3, 0.4) is 0 Å². The molecule has 0 amide bonds. The smallest absolute Gasteiger partial charge is 0.193 e. The molecule has 6 heteroatoms. The molecular weight excluding hydrogens is 454 g/mol. The van der Waals surface area contributed by atoms with E-state index in [1.54, 1.807) is 0 Å². The molecule has 156 valence electrons. The van der Waals surface area contributed by atoms with Crippen molar-refractivity contribution in [2.45, 2.75) is 6.92 Å². The number of pyridine rings is 1. The van der Waals surface area contributed by atoms with Crippen molar-refractivity contribution in [1.29, 1.82) is 0 Å². The van der Waals surface area contributed by atoms with Gasteiger partial charge in [-0.3, -0.25) is 4.79 Å². The standard InChI is InChI=1S/C25H22BrN3O2/c1-16-11-18(15-24(28-16)29-7-9-31-10-8-29)25(30)19-12-17(13-20(26)14-19)21-3-2-4-23-22(21)5-6-27-23/h2-6,11-15,27H,7-10H2,1H3. The van der Waals surface area contributed by atoms with Crippen molar-refractivity contribution in [3.8, 4) is 11.1 Å².